The number of fused-ring (bicyclic) bond motifs is 1. The van der Waals surface area contributed by atoms with Gasteiger partial charge in [0.1, 0.15) is 11.5 Å². The number of halogens is 1. The van der Waals surface area contributed by atoms with Crippen LogP contribution in [0.15, 0.2) is 59.7 Å². The van der Waals surface area contributed by atoms with Crippen LogP contribution in [0.5, 0.6) is 11.5 Å². The largest absolute Gasteiger partial charge is 0.495 e. The van der Waals surface area contributed by atoms with E-state index < -0.39 is 5.97 Å². The van der Waals surface area contributed by atoms with Crippen LogP contribution in [0.2, 0.25) is 5.02 Å². The second-order valence-corrected chi connectivity index (χ2v) is 8.74. The maximum absolute atomic E-state index is 13.1. The maximum Gasteiger partial charge on any atom is 0.335 e. The van der Waals surface area contributed by atoms with Crippen molar-refractivity contribution in [3.63, 3.8) is 0 Å². The van der Waals surface area contributed by atoms with E-state index in [4.69, 9.17) is 31.3 Å². The van der Waals surface area contributed by atoms with E-state index in [-0.39, 0.29) is 23.3 Å². The Labute approximate surface area is 203 Å². The highest BCUT2D eigenvalue weighted by Gasteiger charge is 2.39. The van der Waals surface area contributed by atoms with E-state index in [1.165, 1.54) is 12.1 Å². The lowest BCUT2D eigenvalue weighted by Gasteiger charge is -2.37. The molecular weight excluding hydrogens is 456 g/mol. The summed E-state index contributed by atoms with van der Waals surface area (Å²) in [6, 6.07) is 11.9. The minimum absolute atomic E-state index is 0.0373. The van der Waals surface area contributed by atoms with Gasteiger partial charge >= 0.3 is 5.97 Å². The summed E-state index contributed by atoms with van der Waals surface area (Å²) in [7, 11) is 1.58. The van der Waals surface area contributed by atoms with Gasteiger partial charge in [-0.25, -0.2) is 9.80 Å². The van der Waals surface area contributed by atoms with Crippen LogP contribution in [-0.2, 0) is 4.79 Å². The normalized spacial score (nSPS) is 19.4. The van der Waals surface area contributed by atoms with Crippen molar-refractivity contribution in [2.45, 2.75) is 25.7 Å². The molecule has 0 saturated heterocycles. The quantitative estimate of drug-likeness (QED) is 0.400. The van der Waals surface area contributed by atoms with Gasteiger partial charge in [-0.15, -0.1) is 0 Å². The Hall–Kier alpha value is -3.32. The molecule has 7 nitrogen and oxygen atoms in total. The fraction of sp³-hybridized carbons (Fsp3) is 0.346. The molecule has 2 atom stereocenters. The number of carboxylic acid groups (broad SMARTS) is 1. The molecule has 0 bridgehead atoms. The number of unbranched alkanes of at least 4 members (excludes halogenated alkanes) is 1. The molecule has 2 aromatic rings. The Kier molecular flexibility index (Phi) is 7.53. The molecule has 0 fully saturated rings. The Morgan fingerprint density at radius 3 is 2.53 bits per heavy atom. The number of nitrogens with zero attached hydrogens (tertiary/aromatic N) is 2. The van der Waals surface area contributed by atoms with Gasteiger partial charge in [0.2, 0.25) is 5.91 Å². The van der Waals surface area contributed by atoms with Crippen LogP contribution in [0.4, 0.5) is 0 Å². The molecule has 0 radical (unpaired) electrons. The Morgan fingerprint density at radius 1 is 1.12 bits per heavy atom. The molecule has 2 aromatic carbocycles. The number of carbonyl (C=O) groups excluding carboxylic acids is 1. The number of hydrazone groups is 1. The average Bonchev–Trinajstić information content (AvgIpc) is 2.85. The SMILES string of the molecule is COc1ccc(C2=NN(CCCCOc3ccc(C(=O)O)cc3)C(=O)C3CC=CCC23)cc1Cl. The van der Waals surface area contributed by atoms with Crippen LogP contribution in [0, 0.1) is 11.8 Å². The smallest absolute Gasteiger partial charge is 0.335 e. The van der Waals surface area contributed by atoms with Crippen LogP contribution in [0.1, 0.15) is 41.6 Å². The van der Waals surface area contributed by atoms with Crippen molar-refractivity contribution < 1.29 is 24.2 Å². The number of methoxy groups -OCH3 is 1. The summed E-state index contributed by atoms with van der Waals surface area (Å²) in [5.74, 6) is 0.228. The van der Waals surface area contributed by atoms with E-state index in [0.29, 0.717) is 36.1 Å². The van der Waals surface area contributed by atoms with Gasteiger partial charge in [0.05, 0.1) is 35.9 Å². The van der Waals surface area contributed by atoms with Crippen molar-refractivity contribution in [2.24, 2.45) is 16.9 Å². The molecule has 0 aromatic heterocycles. The van der Waals surface area contributed by atoms with E-state index in [2.05, 4.69) is 12.2 Å². The molecule has 34 heavy (non-hydrogen) atoms. The van der Waals surface area contributed by atoms with Crippen LogP contribution in [0.3, 0.4) is 0 Å². The van der Waals surface area contributed by atoms with Crippen LogP contribution in [-0.4, -0.2) is 48.0 Å². The highest BCUT2D eigenvalue weighted by molar-refractivity contribution is 6.32. The molecule has 0 saturated carbocycles. The Balaban J connectivity index is 1.40. The van der Waals surface area contributed by atoms with E-state index in [1.54, 1.807) is 24.3 Å². The highest BCUT2D eigenvalue weighted by Crippen LogP contribution is 2.36. The number of carbonyl (C=O) groups is 2. The number of allylic oxidation sites excluding steroid dienone is 2. The number of aromatic carboxylic acids is 1. The molecule has 2 unspecified atom stereocenters. The Morgan fingerprint density at radius 2 is 1.85 bits per heavy atom. The summed E-state index contributed by atoms with van der Waals surface area (Å²) in [6.45, 7) is 0.967. The zero-order valence-electron chi connectivity index (χ0n) is 18.9. The molecule has 1 amide bonds. The molecule has 0 spiro atoms. The molecule has 8 heteroatoms. The summed E-state index contributed by atoms with van der Waals surface area (Å²) in [6.07, 6.45) is 7.14. The topological polar surface area (TPSA) is 88.4 Å². The van der Waals surface area contributed by atoms with Crippen molar-refractivity contribution in [2.75, 3.05) is 20.3 Å². The molecule has 2 aliphatic rings. The Bertz CT molecular complexity index is 1110. The van der Waals surface area contributed by atoms with E-state index in [0.717, 1.165) is 30.5 Å². The lowest BCUT2D eigenvalue weighted by atomic mass is 9.76. The molecule has 1 N–H and O–H groups in total. The lowest BCUT2D eigenvalue weighted by Crippen LogP contribution is -2.45. The molecular formula is C26H27ClN2O5. The number of benzene rings is 2. The number of carboxylic acids is 1. The van der Waals surface area contributed by atoms with Crippen LogP contribution >= 0.6 is 11.6 Å². The third-order valence-corrected chi connectivity index (χ3v) is 6.46. The zero-order chi connectivity index (χ0) is 24.1. The summed E-state index contributed by atoms with van der Waals surface area (Å²) in [5.41, 5.74) is 2.01. The van der Waals surface area contributed by atoms with Crippen molar-refractivity contribution in [3.8, 4) is 11.5 Å². The second kappa shape index (κ2) is 10.7. The van der Waals surface area contributed by atoms with Gasteiger partial charge in [0.15, 0.2) is 0 Å². The van der Waals surface area contributed by atoms with Crippen molar-refractivity contribution >= 4 is 29.2 Å². The molecule has 1 aliphatic carbocycles. The minimum Gasteiger partial charge on any atom is -0.495 e. The van der Waals surface area contributed by atoms with Gasteiger partial charge in [-0.1, -0.05) is 23.8 Å². The first kappa shape index (κ1) is 23.8. The fourth-order valence-electron chi connectivity index (χ4n) is 4.34. The van der Waals surface area contributed by atoms with E-state index in [1.807, 2.05) is 18.2 Å². The van der Waals surface area contributed by atoms with Gasteiger partial charge in [-0.3, -0.25) is 4.79 Å². The number of hydrogen-bond acceptors (Lipinski definition) is 5. The third kappa shape index (κ3) is 5.25. The maximum atomic E-state index is 13.1. The summed E-state index contributed by atoms with van der Waals surface area (Å²) in [5, 5.41) is 15.8. The van der Waals surface area contributed by atoms with Gasteiger partial charge in [-0.2, -0.15) is 5.10 Å². The lowest BCUT2D eigenvalue weighted by molar-refractivity contribution is -0.138. The first-order chi connectivity index (χ1) is 16.5. The first-order valence-corrected chi connectivity index (χ1v) is 11.7. The molecule has 1 heterocycles. The van der Waals surface area contributed by atoms with Crippen molar-refractivity contribution in [3.05, 3.63) is 70.8 Å². The highest BCUT2D eigenvalue weighted by atomic mass is 35.5. The number of amides is 1. The van der Waals surface area contributed by atoms with Gasteiger partial charge in [0, 0.05) is 12.5 Å². The number of ether oxygens (including phenoxy) is 2. The summed E-state index contributed by atoms with van der Waals surface area (Å²) >= 11 is 6.36. The molecule has 1 aliphatic heterocycles. The number of rotatable bonds is 9. The predicted octanol–water partition coefficient (Wildman–Crippen LogP) is 5.03. The van der Waals surface area contributed by atoms with Gasteiger partial charge in [0.25, 0.3) is 0 Å². The third-order valence-electron chi connectivity index (χ3n) is 6.17. The predicted molar refractivity (Wildman–Crippen MR) is 130 cm³/mol. The van der Waals surface area contributed by atoms with Gasteiger partial charge in [-0.05, 0) is 73.7 Å². The molecule has 178 valence electrons. The monoisotopic (exact) mass is 482 g/mol. The van der Waals surface area contributed by atoms with Crippen molar-refractivity contribution in [1.82, 2.24) is 5.01 Å². The zero-order valence-corrected chi connectivity index (χ0v) is 19.7. The second-order valence-electron chi connectivity index (χ2n) is 8.34. The fourth-order valence-corrected chi connectivity index (χ4v) is 4.60. The first-order valence-electron chi connectivity index (χ1n) is 11.3. The number of hydrogen-bond donors (Lipinski definition) is 1. The van der Waals surface area contributed by atoms with E-state index in [9.17, 15) is 9.59 Å². The van der Waals surface area contributed by atoms with Crippen molar-refractivity contribution in [1.29, 1.82) is 0 Å². The van der Waals surface area contributed by atoms with Crippen LogP contribution < -0.4 is 9.47 Å². The van der Waals surface area contributed by atoms with E-state index >= 15 is 0 Å². The average molecular weight is 483 g/mol. The minimum atomic E-state index is -0.967. The standard InChI is InChI=1S/C26H27ClN2O5/c1-33-23-13-10-18(16-22(23)27)24-20-6-2-3-7-21(20)25(30)29(28-24)14-4-5-15-34-19-11-8-17(9-12-19)26(31)32/h2-3,8-13,16,20-21H,4-7,14-15H2,1H3,(H,31,32). The summed E-state index contributed by atoms with van der Waals surface area (Å²) in [4.78, 5) is 24.1. The summed E-state index contributed by atoms with van der Waals surface area (Å²) < 4.78 is 11.0. The van der Waals surface area contributed by atoms with Crippen LogP contribution in [0.25, 0.3) is 0 Å². The molecule has 4 rings (SSSR count). The van der Waals surface area contributed by atoms with Gasteiger partial charge < -0.3 is 14.6 Å².